The fourth-order valence-corrected chi connectivity index (χ4v) is 1.65. The first kappa shape index (κ1) is 12.3. The first-order valence-corrected chi connectivity index (χ1v) is 5.75. The summed E-state index contributed by atoms with van der Waals surface area (Å²) >= 11 is 0. The normalized spacial score (nSPS) is 10.1. The third kappa shape index (κ3) is 2.96. The molecule has 0 aromatic heterocycles. The quantitative estimate of drug-likeness (QED) is 0.820. The molecule has 0 radical (unpaired) electrons. The predicted molar refractivity (Wildman–Crippen MR) is 69.1 cm³/mol. The molecule has 0 amide bonds. The molecule has 0 aliphatic rings. The maximum Gasteiger partial charge on any atom is 0.153 e. The van der Waals surface area contributed by atoms with Gasteiger partial charge in [0.25, 0.3) is 0 Å². The summed E-state index contributed by atoms with van der Waals surface area (Å²) in [7, 11) is 0. The van der Waals surface area contributed by atoms with E-state index in [-0.39, 0.29) is 6.61 Å². The van der Waals surface area contributed by atoms with Gasteiger partial charge in [0.05, 0.1) is 5.56 Å². The number of rotatable bonds is 5. The van der Waals surface area contributed by atoms with Crippen LogP contribution in [-0.4, -0.2) is 18.0 Å². The molecule has 0 unspecified atom stereocenters. The molecule has 0 spiro atoms. The van der Waals surface area contributed by atoms with Crippen LogP contribution in [0.2, 0.25) is 0 Å². The zero-order valence-corrected chi connectivity index (χ0v) is 9.87. The van der Waals surface area contributed by atoms with Gasteiger partial charge in [0.15, 0.2) is 6.29 Å². The summed E-state index contributed by atoms with van der Waals surface area (Å²) in [5.41, 5.74) is 1.57. The molecule has 3 nitrogen and oxygen atoms in total. The maximum atomic E-state index is 10.8. The number of aliphatic hydroxyl groups is 1. The van der Waals surface area contributed by atoms with E-state index in [1.54, 1.807) is 18.2 Å². The second kappa shape index (κ2) is 5.98. The highest BCUT2D eigenvalue weighted by Crippen LogP contribution is 2.24. The van der Waals surface area contributed by atoms with E-state index >= 15 is 0 Å². The van der Waals surface area contributed by atoms with Crippen LogP contribution in [0, 0.1) is 0 Å². The molecular formula is C15H14O3. The van der Waals surface area contributed by atoms with Gasteiger partial charge < -0.3 is 9.84 Å². The highest BCUT2D eigenvalue weighted by Gasteiger charge is 2.03. The number of para-hydroxylation sites is 1. The van der Waals surface area contributed by atoms with Crippen molar-refractivity contribution >= 4 is 6.29 Å². The van der Waals surface area contributed by atoms with Gasteiger partial charge in [0.2, 0.25) is 0 Å². The Balaban J connectivity index is 2.15. The van der Waals surface area contributed by atoms with Crippen LogP contribution in [0.1, 0.15) is 15.9 Å². The van der Waals surface area contributed by atoms with Crippen LogP contribution in [0.5, 0.6) is 11.5 Å². The standard InChI is InChI=1S/C15H14O3/c16-10-9-12-5-7-14(8-6-12)18-15-4-2-1-3-13(15)11-17/h1-8,11,16H,9-10H2. The van der Waals surface area contributed by atoms with Gasteiger partial charge in [-0.15, -0.1) is 0 Å². The van der Waals surface area contributed by atoms with E-state index in [0.29, 0.717) is 23.5 Å². The Morgan fingerprint density at radius 3 is 2.44 bits per heavy atom. The van der Waals surface area contributed by atoms with Crippen molar-refractivity contribution in [3.63, 3.8) is 0 Å². The summed E-state index contributed by atoms with van der Waals surface area (Å²) in [5, 5.41) is 8.82. The lowest BCUT2D eigenvalue weighted by atomic mass is 10.1. The zero-order valence-electron chi connectivity index (χ0n) is 9.87. The number of ether oxygens (including phenoxy) is 1. The van der Waals surface area contributed by atoms with Gasteiger partial charge in [0.1, 0.15) is 11.5 Å². The van der Waals surface area contributed by atoms with Crippen molar-refractivity contribution in [2.45, 2.75) is 6.42 Å². The van der Waals surface area contributed by atoms with Crippen molar-refractivity contribution in [1.82, 2.24) is 0 Å². The van der Waals surface area contributed by atoms with E-state index in [2.05, 4.69) is 0 Å². The number of hydrogen-bond donors (Lipinski definition) is 1. The lowest BCUT2D eigenvalue weighted by Crippen LogP contribution is -1.92. The highest BCUT2D eigenvalue weighted by molar-refractivity contribution is 5.79. The first-order chi connectivity index (χ1) is 8.83. The molecule has 0 saturated carbocycles. The SMILES string of the molecule is O=Cc1ccccc1Oc1ccc(CCO)cc1. The maximum absolute atomic E-state index is 10.8. The average molecular weight is 242 g/mol. The third-order valence-electron chi connectivity index (χ3n) is 2.60. The van der Waals surface area contributed by atoms with Gasteiger partial charge in [-0.3, -0.25) is 4.79 Å². The molecule has 0 aliphatic carbocycles. The van der Waals surface area contributed by atoms with E-state index in [9.17, 15) is 4.79 Å². The summed E-state index contributed by atoms with van der Waals surface area (Å²) in [4.78, 5) is 10.8. The Kier molecular flexibility index (Phi) is 4.10. The molecule has 92 valence electrons. The van der Waals surface area contributed by atoms with Crippen molar-refractivity contribution in [3.8, 4) is 11.5 Å². The molecule has 2 rings (SSSR count). The van der Waals surface area contributed by atoms with Gasteiger partial charge in [-0.2, -0.15) is 0 Å². The van der Waals surface area contributed by atoms with Crippen molar-refractivity contribution in [3.05, 3.63) is 59.7 Å². The minimum Gasteiger partial charge on any atom is -0.457 e. The summed E-state index contributed by atoms with van der Waals surface area (Å²) in [6.45, 7) is 0.133. The minimum atomic E-state index is 0.133. The number of aldehydes is 1. The number of carbonyl (C=O) groups is 1. The molecule has 18 heavy (non-hydrogen) atoms. The van der Waals surface area contributed by atoms with E-state index in [0.717, 1.165) is 11.8 Å². The number of carbonyl (C=O) groups excluding carboxylic acids is 1. The zero-order chi connectivity index (χ0) is 12.8. The van der Waals surface area contributed by atoms with Gasteiger partial charge in [-0.05, 0) is 36.2 Å². The van der Waals surface area contributed by atoms with Crippen LogP contribution in [0.25, 0.3) is 0 Å². The van der Waals surface area contributed by atoms with Crippen LogP contribution in [0.3, 0.4) is 0 Å². The highest BCUT2D eigenvalue weighted by atomic mass is 16.5. The smallest absolute Gasteiger partial charge is 0.153 e. The Labute approximate surface area is 106 Å². The predicted octanol–water partition coefficient (Wildman–Crippen LogP) is 2.83. The largest absolute Gasteiger partial charge is 0.457 e. The van der Waals surface area contributed by atoms with Crippen molar-refractivity contribution in [2.75, 3.05) is 6.61 Å². The molecule has 1 N–H and O–H groups in total. The molecule has 2 aromatic rings. The Morgan fingerprint density at radius 2 is 1.78 bits per heavy atom. The van der Waals surface area contributed by atoms with Crippen molar-refractivity contribution in [1.29, 1.82) is 0 Å². The average Bonchev–Trinajstić information content (AvgIpc) is 2.42. The molecule has 0 saturated heterocycles. The van der Waals surface area contributed by atoms with Crippen LogP contribution >= 0.6 is 0 Å². The van der Waals surface area contributed by atoms with Crippen LogP contribution in [0.15, 0.2) is 48.5 Å². The summed E-state index contributed by atoms with van der Waals surface area (Å²) in [6, 6.07) is 14.5. The Bertz CT molecular complexity index is 518. The molecule has 2 aromatic carbocycles. The third-order valence-corrected chi connectivity index (χ3v) is 2.60. The summed E-state index contributed by atoms with van der Waals surface area (Å²) in [5.74, 6) is 1.22. The second-order valence-electron chi connectivity index (χ2n) is 3.88. The number of benzene rings is 2. The van der Waals surface area contributed by atoms with Gasteiger partial charge in [-0.1, -0.05) is 24.3 Å². The lowest BCUT2D eigenvalue weighted by Gasteiger charge is -2.08. The van der Waals surface area contributed by atoms with Crippen LogP contribution in [-0.2, 0) is 6.42 Å². The van der Waals surface area contributed by atoms with E-state index in [1.807, 2.05) is 30.3 Å². The fourth-order valence-electron chi connectivity index (χ4n) is 1.65. The first-order valence-electron chi connectivity index (χ1n) is 5.75. The lowest BCUT2D eigenvalue weighted by molar-refractivity contribution is 0.112. The minimum absolute atomic E-state index is 0.133. The van der Waals surface area contributed by atoms with Crippen molar-refractivity contribution in [2.24, 2.45) is 0 Å². The second-order valence-corrected chi connectivity index (χ2v) is 3.88. The number of hydrogen-bond acceptors (Lipinski definition) is 3. The topological polar surface area (TPSA) is 46.5 Å². The Morgan fingerprint density at radius 1 is 1.06 bits per heavy atom. The number of aliphatic hydroxyl groups excluding tert-OH is 1. The fraction of sp³-hybridized carbons (Fsp3) is 0.133. The molecule has 0 heterocycles. The van der Waals surface area contributed by atoms with Crippen LogP contribution < -0.4 is 4.74 Å². The monoisotopic (exact) mass is 242 g/mol. The molecule has 0 atom stereocenters. The van der Waals surface area contributed by atoms with E-state index in [4.69, 9.17) is 9.84 Å². The molecule has 0 fully saturated rings. The van der Waals surface area contributed by atoms with Crippen LogP contribution in [0.4, 0.5) is 0 Å². The van der Waals surface area contributed by atoms with E-state index in [1.165, 1.54) is 0 Å². The van der Waals surface area contributed by atoms with E-state index < -0.39 is 0 Å². The Hall–Kier alpha value is -2.13. The molecule has 0 bridgehead atoms. The van der Waals surface area contributed by atoms with Gasteiger partial charge in [0, 0.05) is 6.61 Å². The summed E-state index contributed by atoms with van der Waals surface area (Å²) in [6.07, 6.45) is 1.40. The van der Waals surface area contributed by atoms with Crippen molar-refractivity contribution < 1.29 is 14.6 Å². The summed E-state index contributed by atoms with van der Waals surface area (Å²) < 4.78 is 5.64. The molecular weight excluding hydrogens is 228 g/mol. The molecule has 3 heteroatoms. The van der Waals surface area contributed by atoms with Gasteiger partial charge >= 0.3 is 0 Å². The molecule has 0 aliphatic heterocycles. The van der Waals surface area contributed by atoms with Gasteiger partial charge in [-0.25, -0.2) is 0 Å².